The number of amides is 1. The van der Waals surface area contributed by atoms with Crippen LogP contribution in [0.2, 0.25) is 0 Å². The van der Waals surface area contributed by atoms with Crippen molar-refractivity contribution in [3.05, 3.63) is 60.6 Å². The van der Waals surface area contributed by atoms with Gasteiger partial charge < -0.3 is 19.9 Å². The Morgan fingerprint density at radius 1 is 1.08 bits per heavy atom. The number of rotatable bonds is 9. The van der Waals surface area contributed by atoms with Crippen LogP contribution in [0.5, 0.6) is 5.75 Å². The van der Waals surface area contributed by atoms with Crippen LogP contribution in [0.25, 0.3) is 22.3 Å². The lowest BCUT2D eigenvalue weighted by atomic mass is 10.1. The van der Waals surface area contributed by atoms with Gasteiger partial charge >= 0.3 is 0 Å². The van der Waals surface area contributed by atoms with Crippen molar-refractivity contribution >= 4 is 28.3 Å². The summed E-state index contributed by atoms with van der Waals surface area (Å²) >= 11 is 0. The number of likely N-dealkylation sites (N-methyl/N-ethyl adjacent to an activating group) is 1. The summed E-state index contributed by atoms with van der Waals surface area (Å²) in [6, 6.07) is 12.0. The average Bonchev–Trinajstić information content (AvgIpc) is 3.33. The number of fused-ring (bicyclic) bond motifs is 1. The fourth-order valence-corrected chi connectivity index (χ4v) is 3.92. The second-order valence-corrected chi connectivity index (χ2v) is 9.06. The van der Waals surface area contributed by atoms with Crippen LogP contribution in [-0.4, -0.2) is 70.9 Å². The molecule has 1 amide bonds. The molecule has 0 aliphatic heterocycles. The number of benzene rings is 2. The van der Waals surface area contributed by atoms with E-state index < -0.39 is 0 Å². The van der Waals surface area contributed by atoms with Crippen LogP contribution in [0.3, 0.4) is 0 Å². The largest absolute Gasteiger partial charge is 0.497 e. The van der Waals surface area contributed by atoms with E-state index in [0.29, 0.717) is 23.9 Å². The van der Waals surface area contributed by atoms with E-state index in [1.165, 1.54) is 0 Å². The quantitative estimate of drug-likeness (QED) is 0.383. The van der Waals surface area contributed by atoms with Crippen molar-refractivity contribution in [2.24, 2.45) is 7.05 Å². The van der Waals surface area contributed by atoms with Gasteiger partial charge in [0.15, 0.2) is 0 Å². The Morgan fingerprint density at radius 2 is 1.89 bits per heavy atom. The summed E-state index contributed by atoms with van der Waals surface area (Å²) < 4.78 is 7.28. The third-order valence-corrected chi connectivity index (χ3v) is 6.32. The predicted octanol–water partition coefficient (Wildman–Crippen LogP) is 3.88. The number of aryl methyl sites for hydroxylation is 1. The summed E-state index contributed by atoms with van der Waals surface area (Å²) in [6.45, 7) is 5.87. The molecule has 0 saturated carbocycles. The van der Waals surface area contributed by atoms with Gasteiger partial charge in [-0.2, -0.15) is 5.10 Å². The predicted molar refractivity (Wildman–Crippen MR) is 143 cm³/mol. The van der Waals surface area contributed by atoms with E-state index >= 15 is 0 Å². The van der Waals surface area contributed by atoms with E-state index in [9.17, 15) is 4.79 Å². The number of hydrogen-bond acceptors (Lipinski definition) is 7. The second-order valence-electron chi connectivity index (χ2n) is 9.06. The number of nitrogens with zero attached hydrogens (tertiary/aromatic N) is 6. The molecule has 4 aromatic rings. The molecule has 1 N–H and O–H groups in total. The molecule has 2 aromatic carbocycles. The number of carbonyl (C=O) groups excluding carboxylic acids is 1. The topological polar surface area (TPSA) is 88.4 Å². The van der Waals surface area contributed by atoms with Crippen molar-refractivity contribution in [2.45, 2.75) is 19.9 Å². The summed E-state index contributed by atoms with van der Waals surface area (Å²) in [5, 5.41) is 6.96. The van der Waals surface area contributed by atoms with Crippen molar-refractivity contribution in [3.63, 3.8) is 0 Å². The molecule has 0 aliphatic rings. The molecule has 2 aromatic heterocycles. The molecule has 36 heavy (non-hydrogen) atoms. The van der Waals surface area contributed by atoms with Gasteiger partial charge in [-0.05, 0) is 51.2 Å². The van der Waals surface area contributed by atoms with Crippen LogP contribution in [-0.2, 0) is 7.05 Å². The summed E-state index contributed by atoms with van der Waals surface area (Å²) in [5.41, 5.74) is 5.62. The molecule has 0 radical (unpaired) electrons. The van der Waals surface area contributed by atoms with Crippen LogP contribution in [0.1, 0.15) is 24.2 Å². The number of nitrogens with one attached hydrogen (secondary N) is 1. The van der Waals surface area contributed by atoms with Gasteiger partial charge in [-0.25, -0.2) is 4.98 Å². The minimum atomic E-state index is -0.167. The third kappa shape index (κ3) is 5.46. The maximum absolute atomic E-state index is 12.5. The van der Waals surface area contributed by atoms with Crippen LogP contribution in [0, 0.1) is 0 Å². The molecule has 0 spiro atoms. The van der Waals surface area contributed by atoms with Crippen LogP contribution in [0.4, 0.5) is 11.4 Å². The maximum Gasteiger partial charge on any atom is 0.251 e. The Kier molecular flexibility index (Phi) is 7.49. The number of anilines is 2. The molecule has 0 fully saturated rings. The first-order valence-corrected chi connectivity index (χ1v) is 11.9. The SMILES string of the molecule is CNC(=O)c1cc(OC)cc(N(CCN(C)C(C)C)c2ccc3ncc(-c4cnn(C)c4)nc3c2)c1. The molecule has 0 unspecified atom stereocenters. The molecule has 0 saturated heterocycles. The number of carbonyl (C=O) groups is 1. The van der Waals surface area contributed by atoms with Crippen LogP contribution < -0.4 is 15.0 Å². The van der Waals surface area contributed by atoms with E-state index in [2.05, 4.69) is 46.1 Å². The molecular weight excluding hydrogens is 454 g/mol. The van der Waals surface area contributed by atoms with E-state index in [1.807, 2.05) is 43.6 Å². The summed E-state index contributed by atoms with van der Waals surface area (Å²) in [7, 11) is 7.22. The van der Waals surface area contributed by atoms with Crippen molar-refractivity contribution in [2.75, 3.05) is 39.2 Å². The number of hydrogen-bond donors (Lipinski definition) is 1. The Balaban J connectivity index is 1.80. The van der Waals surface area contributed by atoms with Crippen molar-refractivity contribution < 1.29 is 9.53 Å². The zero-order valence-electron chi connectivity index (χ0n) is 21.7. The Labute approximate surface area is 211 Å². The van der Waals surface area contributed by atoms with Gasteiger partial charge in [-0.15, -0.1) is 0 Å². The lowest BCUT2D eigenvalue weighted by Crippen LogP contribution is -2.34. The molecule has 0 bridgehead atoms. The van der Waals surface area contributed by atoms with Gasteiger partial charge in [0.2, 0.25) is 0 Å². The van der Waals surface area contributed by atoms with Crippen LogP contribution in [0.15, 0.2) is 55.0 Å². The Morgan fingerprint density at radius 3 is 2.56 bits per heavy atom. The first-order chi connectivity index (χ1) is 17.3. The first kappa shape index (κ1) is 25.1. The molecule has 0 atom stereocenters. The van der Waals surface area contributed by atoms with Gasteiger partial charge in [-0.1, -0.05) is 0 Å². The molecule has 188 valence electrons. The molecular formula is C27H33N7O2. The van der Waals surface area contributed by atoms with Crippen LogP contribution >= 0.6 is 0 Å². The Bertz CT molecular complexity index is 1370. The summed E-state index contributed by atoms with van der Waals surface area (Å²) in [4.78, 5) is 26.4. The highest BCUT2D eigenvalue weighted by Crippen LogP contribution is 2.32. The fraction of sp³-hybridized carbons (Fsp3) is 0.333. The molecule has 4 rings (SSSR count). The van der Waals surface area contributed by atoms with E-state index in [4.69, 9.17) is 9.72 Å². The van der Waals surface area contributed by atoms with Gasteiger partial charge in [0, 0.05) is 68.0 Å². The Hall–Kier alpha value is -3.98. The number of aromatic nitrogens is 4. The first-order valence-electron chi connectivity index (χ1n) is 11.9. The fourth-order valence-electron chi connectivity index (χ4n) is 3.92. The highest BCUT2D eigenvalue weighted by molar-refractivity contribution is 5.96. The summed E-state index contributed by atoms with van der Waals surface area (Å²) in [5.74, 6) is 0.452. The molecule has 9 nitrogen and oxygen atoms in total. The molecule has 9 heteroatoms. The smallest absolute Gasteiger partial charge is 0.251 e. The normalized spacial score (nSPS) is 11.3. The highest BCUT2D eigenvalue weighted by Gasteiger charge is 2.17. The van der Waals surface area contributed by atoms with Gasteiger partial charge in [0.25, 0.3) is 5.91 Å². The average molecular weight is 488 g/mol. The second kappa shape index (κ2) is 10.7. The highest BCUT2D eigenvalue weighted by atomic mass is 16.5. The third-order valence-electron chi connectivity index (χ3n) is 6.32. The van der Waals surface area contributed by atoms with Gasteiger partial charge in [0.05, 0.1) is 36.2 Å². The maximum atomic E-state index is 12.5. The van der Waals surface area contributed by atoms with E-state index in [1.54, 1.807) is 37.3 Å². The lowest BCUT2D eigenvalue weighted by molar-refractivity contribution is 0.0962. The van der Waals surface area contributed by atoms with E-state index in [-0.39, 0.29) is 5.91 Å². The lowest BCUT2D eigenvalue weighted by Gasteiger charge is -2.30. The van der Waals surface area contributed by atoms with Gasteiger partial charge in [0.1, 0.15) is 5.75 Å². The van der Waals surface area contributed by atoms with Crippen molar-refractivity contribution in [3.8, 4) is 17.0 Å². The number of ether oxygens (including phenoxy) is 1. The number of methoxy groups -OCH3 is 1. The monoisotopic (exact) mass is 487 g/mol. The van der Waals surface area contributed by atoms with E-state index in [0.717, 1.165) is 40.2 Å². The zero-order valence-corrected chi connectivity index (χ0v) is 21.7. The zero-order chi connectivity index (χ0) is 25.8. The minimum Gasteiger partial charge on any atom is -0.497 e. The van der Waals surface area contributed by atoms with Gasteiger partial charge in [-0.3, -0.25) is 14.5 Å². The van der Waals surface area contributed by atoms with Crippen molar-refractivity contribution in [1.82, 2.24) is 30.0 Å². The molecule has 0 aliphatic carbocycles. The van der Waals surface area contributed by atoms with Crippen molar-refractivity contribution in [1.29, 1.82) is 0 Å². The minimum absolute atomic E-state index is 0.167. The standard InChI is InChI=1S/C27H33N7O2/c1-18(2)32(4)9-10-34(22-11-19(27(35)28-3)12-23(13-22)36-6)21-7-8-24-25(14-21)31-26(16-29-24)20-15-30-33(5)17-20/h7-8,11-18H,9-10H2,1-6H3,(H,28,35). The molecule has 2 heterocycles. The summed E-state index contributed by atoms with van der Waals surface area (Å²) in [6.07, 6.45) is 5.47.